The third kappa shape index (κ3) is 2.30. The first-order valence-corrected chi connectivity index (χ1v) is 5.87. The van der Waals surface area contributed by atoms with Crippen LogP contribution in [0.4, 0.5) is 4.39 Å². The summed E-state index contributed by atoms with van der Waals surface area (Å²) in [4.78, 5) is 0. The Morgan fingerprint density at radius 1 is 1.38 bits per heavy atom. The maximum Gasteiger partial charge on any atom is 0.139 e. The molecule has 0 amide bonds. The van der Waals surface area contributed by atoms with Crippen LogP contribution in [0.3, 0.4) is 0 Å². The van der Waals surface area contributed by atoms with E-state index in [0.29, 0.717) is 17.3 Å². The Morgan fingerprint density at radius 2 is 2.06 bits per heavy atom. The summed E-state index contributed by atoms with van der Waals surface area (Å²) in [6, 6.07) is 4.17. The van der Waals surface area contributed by atoms with Gasteiger partial charge in [-0.2, -0.15) is 0 Å². The van der Waals surface area contributed by atoms with Crippen LogP contribution in [0.1, 0.15) is 25.7 Å². The lowest BCUT2D eigenvalue weighted by atomic mass is 10.0. The minimum absolute atomic E-state index is 0.304. The van der Waals surface area contributed by atoms with Gasteiger partial charge in [0, 0.05) is 6.54 Å². The summed E-state index contributed by atoms with van der Waals surface area (Å²) in [5.41, 5.74) is 5.45. The summed E-state index contributed by atoms with van der Waals surface area (Å²) in [6.45, 7) is 0.473. The predicted molar refractivity (Wildman–Crippen MR) is 62.3 cm³/mol. The van der Waals surface area contributed by atoms with Gasteiger partial charge < -0.3 is 10.5 Å². The molecule has 1 aliphatic rings. The Morgan fingerprint density at radius 3 is 2.62 bits per heavy atom. The third-order valence-corrected chi connectivity index (χ3v) is 3.40. The number of benzene rings is 1. The van der Waals surface area contributed by atoms with Gasteiger partial charge in [-0.25, -0.2) is 4.39 Å². The van der Waals surface area contributed by atoms with Gasteiger partial charge in [0.05, 0.1) is 5.02 Å². The molecule has 0 heterocycles. The van der Waals surface area contributed by atoms with Crippen molar-refractivity contribution in [3.63, 3.8) is 0 Å². The van der Waals surface area contributed by atoms with E-state index in [-0.39, 0.29) is 11.4 Å². The smallest absolute Gasteiger partial charge is 0.139 e. The molecule has 2 N–H and O–H groups in total. The summed E-state index contributed by atoms with van der Waals surface area (Å²) in [7, 11) is 0. The van der Waals surface area contributed by atoms with Crippen molar-refractivity contribution >= 4 is 11.6 Å². The fourth-order valence-corrected chi connectivity index (χ4v) is 2.36. The Hall–Kier alpha value is -0.800. The van der Waals surface area contributed by atoms with Crippen LogP contribution in [0.2, 0.25) is 5.02 Å². The third-order valence-electron chi connectivity index (χ3n) is 3.11. The summed E-state index contributed by atoms with van der Waals surface area (Å²) >= 11 is 5.92. The molecule has 16 heavy (non-hydrogen) atoms. The first-order chi connectivity index (χ1) is 7.65. The summed E-state index contributed by atoms with van der Waals surface area (Å²) in [6.07, 6.45) is 4.13. The largest absolute Gasteiger partial charge is 0.484 e. The lowest BCUT2D eigenvalue weighted by Gasteiger charge is -2.29. The summed E-state index contributed by atoms with van der Waals surface area (Å²) in [5.74, 6) is 0.168. The van der Waals surface area contributed by atoms with E-state index in [2.05, 4.69) is 0 Å². The normalized spacial score (nSPS) is 18.7. The monoisotopic (exact) mass is 243 g/mol. The number of ether oxygens (including phenoxy) is 1. The number of halogens is 2. The molecule has 1 fully saturated rings. The van der Waals surface area contributed by atoms with Crippen molar-refractivity contribution in [2.75, 3.05) is 6.54 Å². The van der Waals surface area contributed by atoms with Gasteiger partial charge >= 0.3 is 0 Å². The highest BCUT2D eigenvalue weighted by Gasteiger charge is 2.35. The van der Waals surface area contributed by atoms with Crippen LogP contribution in [0.5, 0.6) is 5.75 Å². The van der Waals surface area contributed by atoms with E-state index in [1.807, 2.05) is 0 Å². The lowest BCUT2D eigenvalue weighted by Crippen LogP contribution is -2.40. The number of hydrogen-bond donors (Lipinski definition) is 1. The average Bonchev–Trinajstić information content (AvgIpc) is 2.72. The first kappa shape index (κ1) is 11.7. The van der Waals surface area contributed by atoms with Crippen LogP contribution in [-0.2, 0) is 0 Å². The topological polar surface area (TPSA) is 35.2 Å². The maximum atomic E-state index is 12.9. The molecule has 2 nitrogen and oxygen atoms in total. The van der Waals surface area contributed by atoms with Gasteiger partial charge in [-0.3, -0.25) is 0 Å². The molecule has 0 aromatic heterocycles. The van der Waals surface area contributed by atoms with Gasteiger partial charge in [0.15, 0.2) is 0 Å². The van der Waals surface area contributed by atoms with Gasteiger partial charge in [0.2, 0.25) is 0 Å². The molecule has 0 aliphatic heterocycles. The van der Waals surface area contributed by atoms with E-state index in [1.54, 1.807) is 6.07 Å². The highest BCUT2D eigenvalue weighted by atomic mass is 35.5. The second kappa shape index (κ2) is 4.60. The molecule has 0 spiro atoms. The Bertz CT molecular complexity index is 377. The van der Waals surface area contributed by atoms with Gasteiger partial charge in [-0.1, -0.05) is 11.6 Å². The molecule has 1 aromatic carbocycles. The van der Waals surface area contributed by atoms with Crippen LogP contribution in [0.15, 0.2) is 18.2 Å². The average molecular weight is 244 g/mol. The quantitative estimate of drug-likeness (QED) is 0.885. The zero-order valence-corrected chi connectivity index (χ0v) is 9.77. The standard InChI is InChI=1S/C12H15ClFNO/c13-10-7-9(14)3-4-11(10)16-12(8-15)5-1-2-6-12/h3-4,7H,1-2,5-6,8,15H2. The maximum absolute atomic E-state index is 12.9. The van der Waals surface area contributed by atoms with Gasteiger partial charge in [-0.15, -0.1) is 0 Å². The van der Waals surface area contributed by atoms with Crippen molar-refractivity contribution in [2.45, 2.75) is 31.3 Å². The van der Waals surface area contributed by atoms with E-state index in [0.717, 1.165) is 25.7 Å². The van der Waals surface area contributed by atoms with Crippen LogP contribution in [-0.4, -0.2) is 12.1 Å². The van der Waals surface area contributed by atoms with Crippen molar-refractivity contribution < 1.29 is 9.13 Å². The van der Waals surface area contributed by atoms with E-state index >= 15 is 0 Å². The number of nitrogens with two attached hydrogens (primary N) is 1. The molecule has 4 heteroatoms. The fraction of sp³-hybridized carbons (Fsp3) is 0.500. The fourth-order valence-electron chi connectivity index (χ4n) is 2.16. The van der Waals surface area contributed by atoms with E-state index in [1.165, 1.54) is 12.1 Å². The number of rotatable bonds is 3. The van der Waals surface area contributed by atoms with Gasteiger partial charge in [-0.05, 0) is 43.9 Å². The van der Waals surface area contributed by atoms with Gasteiger partial charge in [0.1, 0.15) is 17.2 Å². The van der Waals surface area contributed by atoms with Crippen molar-refractivity contribution in [1.82, 2.24) is 0 Å². The van der Waals surface area contributed by atoms with E-state index in [9.17, 15) is 4.39 Å². The Kier molecular flexibility index (Phi) is 3.36. The van der Waals surface area contributed by atoms with Gasteiger partial charge in [0.25, 0.3) is 0 Å². The molecule has 0 radical (unpaired) electrons. The first-order valence-electron chi connectivity index (χ1n) is 5.49. The van der Waals surface area contributed by atoms with Crippen molar-refractivity contribution in [3.8, 4) is 5.75 Å². The van der Waals surface area contributed by atoms with E-state index in [4.69, 9.17) is 22.1 Å². The highest BCUT2D eigenvalue weighted by molar-refractivity contribution is 6.32. The SMILES string of the molecule is NCC1(Oc2ccc(F)cc2Cl)CCCC1. The molecule has 2 rings (SSSR count). The zero-order valence-electron chi connectivity index (χ0n) is 9.01. The molecule has 1 saturated carbocycles. The lowest BCUT2D eigenvalue weighted by molar-refractivity contribution is 0.0853. The molecule has 0 unspecified atom stereocenters. The minimum Gasteiger partial charge on any atom is -0.484 e. The minimum atomic E-state index is -0.356. The molecule has 0 bridgehead atoms. The Balaban J connectivity index is 2.19. The van der Waals surface area contributed by atoms with Crippen molar-refractivity contribution in [3.05, 3.63) is 29.0 Å². The second-order valence-electron chi connectivity index (χ2n) is 4.27. The molecule has 88 valence electrons. The zero-order chi connectivity index (χ0) is 11.6. The number of hydrogen-bond acceptors (Lipinski definition) is 2. The van der Waals surface area contributed by atoms with Crippen LogP contribution >= 0.6 is 11.6 Å². The predicted octanol–water partition coefficient (Wildman–Crippen LogP) is 3.13. The molecular weight excluding hydrogens is 229 g/mol. The van der Waals surface area contributed by atoms with Crippen LogP contribution in [0.25, 0.3) is 0 Å². The van der Waals surface area contributed by atoms with Crippen molar-refractivity contribution in [2.24, 2.45) is 5.73 Å². The Labute approximate surface area is 99.5 Å². The van der Waals surface area contributed by atoms with E-state index < -0.39 is 0 Å². The molecule has 0 atom stereocenters. The molecule has 0 saturated heterocycles. The van der Waals surface area contributed by atoms with Crippen molar-refractivity contribution in [1.29, 1.82) is 0 Å². The second-order valence-corrected chi connectivity index (χ2v) is 4.68. The molecular formula is C12H15ClFNO. The molecule has 1 aromatic rings. The van der Waals surface area contributed by atoms with Crippen LogP contribution < -0.4 is 10.5 Å². The summed E-state index contributed by atoms with van der Waals surface area (Å²) in [5, 5.41) is 0.305. The van der Waals surface area contributed by atoms with Crippen LogP contribution in [0, 0.1) is 5.82 Å². The highest BCUT2D eigenvalue weighted by Crippen LogP contribution is 2.36. The summed E-state index contributed by atoms with van der Waals surface area (Å²) < 4.78 is 18.7. The molecule has 1 aliphatic carbocycles.